The molecule has 0 aliphatic carbocycles. The number of benzene rings is 5. The summed E-state index contributed by atoms with van der Waals surface area (Å²) in [6, 6.07) is 12.4. The molecule has 0 radical (unpaired) electrons. The van der Waals surface area contributed by atoms with Crippen LogP contribution in [0.25, 0.3) is 43.1 Å². The third-order valence-corrected chi connectivity index (χ3v) is 5.98. The molecule has 0 fully saturated rings. The van der Waals surface area contributed by atoms with Crippen LogP contribution in [0.4, 0.5) is 0 Å². The summed E-state index contributed by atoms with van der Waals surface area (Å²) in [5, 5.41) is 25.7. The molecule has 0 unspecified atom stereocenters. The number of cyclic esters (lactones) is 2. The van der Waals surface area contributed by atoms with Gasteiger partial charge in [-0.3, -0.25) is 0 Å². The minimum atomic E-state index is -1.48. The normalized spacial score (nSPS) is 13.4. The number of ether oxygens (including phenoxy) is 1. The molecule has 1 N–H and O–H groups in total. The molecule has 0 spiro atoms. The van der Waals surface area contributed by atoms with E-state index in [4.69, 9.17) is 4.74 Å². The highest BCUT2D eigenvalue weighted by Gasteiger charge is 2.30. The molecule has 0 atom stereocenters. The fourth-order valence-electron chi connectivity index (χ4n) is 4.77. The lowest BCUT2D eigenvalue weighted by Crippen LogP contribution is -2.23. The van der Waals surface area contributed by atoms with Crippen LogP contribution in [0.15, 0.2) is 48.5 Å². The van der Waals surface area contributed by atoms with Crippen molar-refractivity contribution in [2.75, 3.05) is 0 Å². The van der Waals surface area contributed by atoms with Gasteiger partial charge in [-0.05, 0) is 50.5 Å². The topological polar surface area (TPSA) is 121 Å². The van der Waals surface area contributed by atoms with Crippen molar-refractivity contribution in [2.45, 2.75) is 0 Å². The summed E-state index contributed by atoms with van der Waals surface area (Å²) in [5.74, 6) is -4.19. The van der Waals surface area contributed by atoms with E-state index < -0.39 is 23.9 Å². The Morgan fingerprint density at radius 1 is 0.645 bits per heavy atom. The van der Waals surface area contributed by atoms with E-state index >= 15 is 0 Å². The Balaban J connectivity index is 1.96. The quantitative estimate of drug-likeness (QED) is 0.206. The Morgan fingerprint density at radius 3 is 1.58 bits per heavy atom. The van der Waals surface area contributed by atoms with Crippen LogP contribution in [0, 0.1) is 0 Å². The second-order valence-corrected chi connectivity index (χ2v) is 7.41. The van der Waals surface area contributed by atoms with Crippen LogP contribution >= 0.6 is 0 Å². The first-order chi connectivity index (χ1) is 14.9. The lowest BCUT2D eigenvalue weighted by atomic mass is 9.84. The Morgan fingerprint density at radius 2 is 1.10 bits per heavy atom. The fraction of sp³-hybridized carbons (Fsp3) is 0. The van der Waals surface area contributed by atoms with Gasteiger partial charge in [-0.1, -0.05) is 30.3 Å². The van der Waals surface area contributed by atoms with Crippen LogP contribution in [-0.4, -0.2) is 29.0 Å². The minimum absolute atomic E-state index is 0.0806. The molecule has 0 saturated heterocycles. The monoisotopic (exact) mass is 409 g/mol. The molecule has 31 heavy (non-hydrogen) atoms. The van der Waals surface area contributed by atoms with Crippen LogP contribution in [0.2, 0.25) is 0 Å². The van der Waals surface area contributed by atoms with Gasteiger partial charge in [0, 0.05) is 16.3 Å². The summed E-state index contributed by atoms with van der Waals surface area (Å²) in [6.45, 7) is 0. The smallest absolute Gasteiger partial charge is 0.346 e. The molecule has 1 aliphatic heterocycles. The first-order valence-corrected chi connectivity index (χ1v) is 9.30. The van der Waals surface area contributed by atoms with Crippen LogP contribution in [0.1, 0.15) is 41.4 Å². The lowest BCUT2D eigenvalue weighted by Gasteiger charge is -2.21. The van der Waals surface area contributed by atoms with E-state index in [1.54, 1.807) is 36.4 Å². The van der Waals surface area contributed by atoms with Gasteiger partial charge in [0.1, 0.15) is 0 Å². The Labute approximate surface area is 172 Å². The highest BCUT2D eigenvalue weighted by atomic mass is 16.6. The number of hydrogen-bond donors (Lipinski definition) is 1. The maximum Gasteiger partial charge on any atom is 0.346 e. The molecule has 7 heteroatoms. The van der Waals surface area contributed by atoms with Crippen molar-refractivity contribution in [1.29, 1.82) is 0 Å². The van der Waals surface area contributed by atoms with Gasteiger partial charge in [0.05, 0.1) is 22.7 Å². The van der Waals surface area contributed by atoms with Crippen LogP contribution in [-0.2, 0) is 4.74 Å². The summed E-state index contributed by atoms with van der Waals surface area (Å²) < 4.78 is 4.83. The first kappa shape index (κ1) is 17.3. The van der Waals surface area contributed by atoms with Crippen LogP contribution in [0.3, 0.4) is 0 Å². The van der Waals surface area contributed by atoms with E-state index in [-0.39, 0.29) is 27.6 Å². The number of aromatic carboxylic acids is 2. The zero-order chi connectivity index (χ0) is 21.6. The van der Waals surface area contributed by atoms with Crippen molar-refractivity contribution in [3.63, 3.8) is 0 Å². The number of carbonyl (C=O) groups excluding carboxylic acids is 3. The molecule has 1 aliphatic rings. The van der Waals surface area contributed by atoms with E-state index in [1.807, 2.05) is 0 Å². The standard InChI is InChI=1S/C24H10O7/c25-21(26)13-5-1-9-11-3-7-15-20-16(24(30)31-23(15)29)8-4-12(18(11)20)10-2-6-14(22(27)28)19(13)17(9)10/h1-8H,(H,25,26)(H,27,28)/p-1. The number of fused-ring (bicyclic) bond motifs is 2. The van der Waals surface area contributed by atoms with Crippen LogP contribution < -0.4 is 5.11 Å². The average Bonchev–Trinajstić information content (AvgIpc) is 2.75. The van der Waals surface area contributed by atoms with Gasteiger partial charge in [0.15, 0.2) is 0 Å². The number of rotatable bonds is 2. The SMILES string of the molecule is O=C([O-])c1ccc2c3ccc4c5c(ccc(c6ccc(C(=O)O)c1c26)c53)C(=O)OC4=O. The molecule has 148 valence electrons. The zero-order valence-corrected chi connectivity index (χ0v) is 15.5. The van der Waals surface area contributed by atoms with Crippen molar-refractivity contribution in [2.24, 2.45) is 0 Å². The predicted molar refractivity (Wildman–Crippen MR) is 109 cm³/mol. The van der Waals surface area contributed by atoms with Crippen molar-refractivity contribution in [1.82, 2.24) is 0 Å². The number of hydrogen-bond acceptors (Lipinski definition) is 6. The van der Waals surface area contributed by atoms with E-state index in [9.17, 15) is 29.4 Å². The zero-order valence-electron chi connectivity index (χ0n) is 15.5. The molecule has 7 nitrogen and oxygen atoms in total. The van der Waals surface area contributed by atoms with E-state index in [0.717, 1.165) is 0 Å². The molecule has 0 bridgehead atoms. The number of carbonyl (C=O) groups is 4. The summed E-state index contributed by atoms with van der Waals surface area (Å²) in [7, 11) is 0. The number of esters is 2. The van der Waals surface area contributed by atoms with Crippen molar-refractivity contribution in [3.05, 3.63) is 70.8 Å². The third kappa shape index (κ3) is 2.02. The largest absolute Gasteiger partial charge is 0.545 e. The molecule has 0 amide bonds. The second kappa shape index (κ2) is 5.54. The molecule has 0 aromatic heterocycles. The third-order valence-electron chi connectivity index (χ3n) is 5.98. The molecule has 0 saturated carbocycles. The maximum atomic E-state index is 12.3. The van der Waals surface area contributed by atoms with Gasteiger partial charge in [-0.2, -0.15) is 0 Å². The van der Waals surface area contributed by atoms with E-state index in [2.05, 4.69) is 0 Å². The van der Waals surface area contributed by atoms with Gasteiger partial charge >= 0.3 is 17.9 Å². The Kier molecular flexibility index (Phi) is 3.10. The molecule has 5 aromatic carbocycles. The summed E-state index contributed by atoms with van der Waals surface area (Å²) in [5.41, 5.74) is 0.172. The number of carboxylic acids is 2. The van der Waals surface area contributed by atoms with Gasteiger partial charge in [-0.25, -0.2) is 14.4 Å². The van der Waals surface area contributed by atoms with Crippen LogP contribution in [0.5, 0.6) is 0 Å². The Hall–Kier alpha value is -4.52. The van der Waals surface area contributed by atoms with E-state index in [1.165, 1.54) is 12.1 Å². The van der Waals surface area contributed by atoms with Gasteiger partial charge in [0.2, 0.25) is 0 Å². The second-order valence-electron chi connectivity index (χ2n) is 7.41. The average molecular weight is 409 g/mol. The van der Waals surface area contributed by atoms with Gasteiger partial charge in [0.25, 0.3) is 0 Å². The maximum absolute atomic E-state index is 12.3. The molecule has 5 aromatic rings. The van der Waals surface area contributed by atoms with Gasteiger partial charge in [-0.15, -0.1) is 0 Å². The first-order valence-electron chi connectivity index (χ1n) is 9.30. The fourth-order valence-corrected chi connectivity index (χ4v) is 4.77. The Bertz CT molecular complexity index is 1580. The lowest BCUT2D eigenvalue weighted by molar-refractivity contribution is -0.254. The summed E-state index contributed by atoms with van der Waals surface area (Å²) in [4.78, 5) is 48.2. The molecular weight excluding hydrogens is 400 g/mol. The molecule has 1 heterocycles. The summed E-state index contributed by atoms with van der Waals surface area (Å²) in [6.07, 6.45) is 0. The van der Waals surface area contributed by atoms with Crippen molar-refractivity contribution in [3.8, 4) is 0 Å². The van der Waals surface area contributed by atoms with Crippen molar-refractivity contribution >= 4 is 67.0 Å². The molecular formula is C24H9O7-. The summed E-state index contributed by atoms with van der Waals surface area (Å²) >= 11 is 0. The highest BCUT2D eigenvalue weighted by molar-refractivity contribution is 6.38. The highest BCUT2D eigenvalue weighted by Crippen LogP contribution is 2.44. The van der Waals surface area contributed by atoms with Gasteiger partial charge < -0.3 is 19.7 Å². The predicted octanol–water partition coefficient (Wildman–Crippen LogP) is 3.11. The molecule has 6 rings (SSSR count). The number of carboxylic acid groups (broad SMARTS) is 2. The minimum Gasteiger partial charge on any atom is -0.545 e. The van der Waals surface area contributed by atoms with Crippen molar-refractivity contribution < 1.29 is 34.1 Å². The van der Waals surface area contributed by atoms with E-state index in [0.29, 0.717) is 37.7 Å².